The number of para-hydroxylation sites is 1. The van der Waals surface area contributed by atoms with Crippen LogP contribution < -0.4 is 14.8 Å². The van der Waals surface area contributed by atoms with E-state index in [1.54, 1.807) is 13.1 Å². The third kappa shape index (κ3) is 4.98. The molecule has 1 N–H and O–H groups in total. The monoisotopic (exact) mass is 395 g/mol. The van der Waals surface area contributed by atoms with Crippen LogP contribution in [0.5, 0.6) is 11.5 Å². The number of nitro benzene ring substituents is 1. The molecule has 3 rings (SSSR count). The number of amides is 1. The number of carbonyl (C=O) groups excluding carboxylic acids is 1. The van der Waals surface area contributed by atoms with Gasteiger partial charge in [0.25, 0.3) is 5.91 Å². The van der Waals surface area contributed by atoms with E-state index in [0.29, 0.717) is 31.9 Å². The molecule has 2 aromatic carbocycles. The number of carbonyl (C=O) groups is 1. The van der Waals surface area contributed by atoms with Gasteiger partial charge in [-0.1, -0.05) is 18.2 Å². The summed E-state index contributed by atoms with van der Waals surface area (Å²) in [4.78, 5) is 27.2. The van der Waals surface area contributed by atoms with Gasteiger partial charge < -0.3 is 14.8 Å². The number of ether oxygens (including phenoxy) is 2. The van der Waals surface area contributed by atoms with Crippen molar-refractivity contribution in [3.63, 3.8) is 0 Å². The van der Waals surface area contributed by atoms with Gasteiger partial charge in [-0.05, 0) is 37.6 Å². The lowest BCUT2D eigenvalue weighted by Gasteiger charge is -2.10. The molecule has 8 nitrogen and oxygen atoms in total. The van der Waals surface area contributed by atoms with Gasteiger partial charge in [-0.3, -0.25) is 19.9 Å². The first-order valence-corrected chi connectivity index (χ1v) is 9.26. The molecule has 1 amide bonds. The zero-order valence-electron chi connectivity index (χ0n) is 16.0. The lowest BCUT2D eigenvalue weighted by Crippen LogP contribution is -2.25. The fraction of sp³-hybridized carbons (Fsp3) is 0.238. The Labute approximate surface area is 167 Å². The summed E-state index contributed by atoms with van der Waals surface area (Å²) in [6.07, 6.45) is 2.29. The Morgan fingerprint density at radius 1 is 1.14 bits per heavy atom. The van der Waals surface area contributed by atoms with Gasteiger partial charge in [0.05, 0.1) is 18.1 Å². The van der Waals surface area contributed by atoms with Crippen molar-refractivity contribution in [2.24, 2.45) is 0 Å². The predicted molar refractivity (Wildman–Crippen MR) is 108 cm³/mol. The quantitative estimate of drug-likeness (QED) is 0.336. The highest BCUT2D eigenvalue weighted by atomic mass is 16.6. The van der Waals surface area contributed by atoms with Gasteiger partial charge in [-0.2, -0.15) is 0 Å². The Balaban J connectivity index is 1.52. The zero-order chi connectivity index (χ0) is 20.6. The molecule has 8 heteroatoms. The minimum atomic E-state index is -0.562. The number of fused-ring (bicyclic) bond motifs is 1. The molecule has 150 valence electrons. The van der Waals surface area contributed by atoms with Crippen molar-refractivity contribution in [2.75, 3.05) is 19.8 Å². The van der Waals surface area contributed by atoms with Crippen LogP contribution in [-0.2, 0) is 0 Å². The van der Waals surface area contributed by atoms with Gasteiger partial charge in [-0.25, -0.2) is 0 Å². The predicted octanol–water partition coefficient (Wildman–Crippen LogP) is 3.74. The van der Waals surface area contributed by atoms with Crippen LogP contribution in [0.2, 0.25) is 0 Å². The normalized spacial score (nSPS) is 10.5. The second kappa shape index (κ2) is 9.50. The third-order valence-electron chi connectivity index (χ3n) is 4.18. The molecule has 0 saturated carbocycles. The van der Waals surface area contributed by atoms with Crippen molar-refractivity contribution in [1.82, 2.24) is 10.3 Å². The summed E-state index contributed by atoms with van der Waals surface area (Å²) in [6, 6.07) is 13.7. The van der Waals surface area contributed by atoms with Gasteiger partial charge in [0.2, 0.25) is 0 Å². The number of nitrogens with one attached hydrogen (secondary N) is 1. The molecular formula is C21H21N3O5. The summed E-state index contributed by atoms with van der Waals surface area (Å²) in [7, 11) is 0. The summed E-state index contributed by atoms with van der Waals surface area (Å²) in [6.45, 7) is 2.82. The fourth-order valence-electron chi connectivity index (χ4n) is 2.83. The van der Waals surface area contributed by atoms with Gasteiger partial charge >= 0.3 is 5.69 Å². The van der Waals surface area contributed by atoms with Gasteiger partial charge in [0.1, 0.15) is 11.3 Å². The van der Waals surface area contributed by atoms with E-state index in [9.17, 15) is 14.9 Å². The van der Waals surface area contributed by atoms with Crippen molar-refractivity contribution >= 4 is 22.5 Å². The van der Waals surface area contributed by atoms with Crippen LogP contribution in [0.4, 0.5) is 5.69 Å². The van der Waals surface area contributed by atoms with E-state index in [1.165, 1.54) is 18.2 Å². The van der Waals surface area contributed by atoms with Crippen LogP contribution in [0.1, 0.15) is 23.7 Å². The fourth-order valence-corrected chi connectivity index (χ4v) is 2.83. The molecular weight excluding hydrogens is 374 g/mol. The Hall–Kier alpha value is -3.68. The first kappa shape index (κ1) is 20.1. The summed E-state index contributed by atoms with van der Waals surface area (Å²) in [5, 5.41) is 14.9. The smallest absolute Gasteiger partial charge is 0.311 e. The largest absolute Gasteiger partial charge is 0.491 e. The minimum Gasteiger partial charge on any atom is -0.491 e. The molecule has 1 heterocycles. The average Bonchev–Trinajstić information content (AvgIpc) is 2.73. The number of pyridine rings is 1. The topological polar surface area (TPSA) is 104 Å². The summed E-state index contributed by atoms with van der Waals surface area (Å²) < 4.78 is 11.0. The number of aromatic nitrogens is 1. The van der Waals surface area contributed by atoms with Crippen LogP contribution in [-0.4, -0.2) is 35.6 Å². The first-order chi connectivity index (χ1) is 14.1. The van der Waals surface area contributed by atoms with Crippen molar-refractivity contribution in [3.05, 3.63) is 70.4 Å². The summed E-state index contributed by atoms with van der Waals surface area (Å²) in [5.41, 5.74) is 0.770. The van der Waals surface area contributed by atoms with E-state index in [2.05, 4.69) is 10.3 Å². The Morgan fingerprint density at radius 2 is 1.97 bits per heavy atom. The molecule has 0 spiro atoms. The van der Waals surface area contributed by atoms with Crippen LogP contribution >= 0.6 is 0 Å². The zero-order valence-corrected chi connectivity index (χ0v) is 16.0. The van der Waals surface area contributed by atoms with Gasteiger partial charge in [0.15, 0.2) is 5.75 Å². The van der Waals surface area contributed by atoms with Crippen LogP contribution in [0.15, 0.2) is 54.7 Å². The maximum atomic E-state index is 12.3. The van der Waals surface area contributed by atoms with Crippen molar-refractivity contribution in [2.45, 2.75) is 13.3 Å². The summed E-state index contributed by atoms with van der Waals surface area (Å²) >= 11 is 0. The molecule has 0 atom stereocenters. The SMILES string of the molecule is CCOc1ccc(C(=O)NCCCOc2cccc3cccnc23)cc1[N+](=O)[O-]. The second-order valence-electron chi connectivity index (χ2n) is 6.16. The standard InChI is InChI=1S/C21H21N3O5/c1-2-28-18-10-9-16(14-17(18)24(26)27)21(25)23-12-5-13-29-19-8-3-6-15-7-4-11-22-20(15)19/h3-4,6-11,14H,2,5,12-13H2,1H3,(H,23,25). The molecule has 0 aliphatic heterocycles. The highest BCUT2D eigenvalue weighted by molar-refractivity contribution is 5.95. The molecule has 0 fully saturated rings. The molecule has 0 aliphatic rings. The van der Waals surface area contributed by atoms with Crippen molar-refractivity contribution in [3.8, 4) is 11.5 Å². The molecule has 0 bridgehead atoms. The van der Waals surface area contributed by atoms with Crippen molar-refractivity contribution in [1.29, 1.82) is 0 Å². The highest BCUT2D eigenvalue weighted by Gasteiger charge is 2.18. The number of nitro groups is 1. The first-order valence-electron chi connectivity index (χ1n) is 9.26. The van der Waals surface area contributed by atoms with E-state index in [-0.39, 0.29) is 22.9 Å². The molecule has 3 aromatic rings. The van der Waals surface area contributed by atoms with Crippen LogP contribution in [0.25, 0.3) is 10.9 Å². The maximum Gasteiger partial charge on any atom is 0.311 e. The number of hydrogen-bond acceptors (Lipinski definition) is 6. The number of rotatable bonds is 9. The van der Waals surface area contributed by atoms with Gasteiger partial charge in [-0.15, -0.1) is 0 Å². The van der Waals surface area contributed by atoms with Crippen LogP contribution in [0, 0.1) is 10.1 Å². The highest BCUT2D eigenvalue weighted by Crippen LogP contribution is 2.28. The van der Waals surface area contributed by atoms with E-state index >= 15 is 0 Å². The Morgan fingerprint density at radius 3 is 2.76 bits per heavy atom. The lowest BCUT2D eigenvalue weighted by atomic mass is 10.1. The van der Waals surface area contributed by atoms with Gasteiger partial charge in [0, 0.05) is 29.8 Å². The molecule has 0 radical (unpaired) electrons. The third-order valence-corrected chi connectivity index (χ3v) is 4.18. The summed E-state index contributed by atoms with van der Waals surface area (Å²) in [5.74, 6) is 0.450. The van der Waals surface area contributed by atoms with E-state index in [1.807, 2.05) is 30.3 Å². The lowest BCUT2D eigenvalue weighted by molar-refractivity contribution is -0.385. The number of benzene rings is 2. The van der Waals surface area contributed by atoms with Crippen molar-refractivity contribution < 1.29 is 19.2 Å². The van der Waals surface area contributed by atoms with E-state index in [4.69, 9.17) is 9.47 Å². The molecule has 0 aliphatic carbocycles. The Bertz CT molecular complexity index is 1020. The molecule has 0 unspecified atom stereocenters. The van der Waals surface area contributed by atoms with E-state index in [0.717, 1.165) is 10.9 Å². The maximum absolute atomic E-state index is 12.3. The minimum absolute atomic E-state index is 0.145. The molecule has 0 saturated heterocycles. The molecule has 29 heavy (non-hydrogen) atoms. The second-order valence-corrected chi connectivity index (χ2v) is 6.16. The number of hydrogen-bond donors (Lipinski definition) is 1. The number of nitrogens with zero attached hydrogens (tertiary/aromatic N) is 2. The Kier molecular flexibility index (Phi) is 6.57. The van der Waals surface area contributed by atoms with E-state index < -0.39 is 4.92 Å². The average molecular weight is 395 g/mol. The molecule has 1 aromatic heterocycles. The van der Waals surface area contributed by atoms with Crippen LogP contribution in [0.3, 0.4) is 0 Å².